The quantitative estimate of drug-likeness (QED) is 0.250. The lowest BCUT2D eigenvalue weighted by atomic mass is 10.1. The van der Waals surface area contributed by atoms with Crippen LogP contribution >= 0.6 is 0 Å². The first-order valence-electron chi connectivity index (χ1n) is 9.02. The zero-order valence-electron chi connectivity index (χ0n) is 16.3. The van der Waals surface area contributed by atoms with Crippen molar-refractivity contribution in [2.75, 3.05) is 0 Å². The second kappa shape index (κ2) is 7.64. The molecule has 3 aromatic carbocycles. The van der Waals surface area contributed by atoms with E-state index in [1.165, 1.54) is 18.2 Å². The van der Waals surface area contributed by atoms with Gasteiger partial charge in [0.15, 0.2) is 0 Å². The van der Waals surface area contributed by atoms with Crippen LogP contribution in [0.2, 0.25) is 0 Å². The van der Waals surface area contributed by atoms with Crippen molar-refractivity contribution in [1.82, 2.24) is 0 Å². The van der Waals surface area contributed by atoms with Gasteiger partial charge in [0.2, 0.25) is 0 Å². The third-order valence-corrected chi connectivity index (χ3v) is 6.45. The minimum absolute atomic E-state index is 0.0539. The molecule has 0 saturated carbocycles. The zero-order valence-corrected chi connectivity index (χ0v) is 17.9. The highest BCUT2D eigenvalue weighted by atomic mass is 32.2. The minimum atomic E-state index is -5.11. The highest BCUT2D eigenvalue weighted by molar-refractivity contribution is 7.86. The van der Waals surface area contributed by atoms with E-state index in [-0.39, 0.29) is 27.7 Å². The van der Waals surface area contributed by atoms with Crippen molar-refractivity contribution in [3.05, 3.63) is 76.6 Å². The summed E-state index contributed by atoms with van der Waals surface area (Å²) in [5.41, 5.74) is 0.459. The van der Waals surface area contributed by atoms with E-state index in [2.05, 4.69) is 4.99 Å². The lowest BCUT2D eigenvalue weighted by molar-refractivity contribution is 0.462. The fraction of sp³-hybridized carbons (Fsp3) is 0.0476. The van der Waals surface area contributed by atoms with E-state index >= 15 is 0 Å². The first-order valence-corrected chi connectivity index (χ1v) is 11.8. The highest BCUT2D eigenvalue weighted by Crippen LogP contribution is 2.30. The van der Waals surface area contributed by atoms with Crippen molar-refractivity contribution in [2.24, 2.45) is 4.99 Å². The van der Waals surface area contributed by atoms with Crippen LogP contribution in [0.1, 0.15) is 12.5 Å². The summed E-state index contributed by atoms with van der Waals surface area (Å²) >= 11 is 0. The summed E-state index contributed by atoms with van der Waals surface area (Å²) < 4.78 is 74.4. The maximum Gasteiger partial charge on any atom is 0.345 e. The molecule has 0 bridgehead atoms. The Bertz CT molecular complexity index is 1700. The summed E-state index contributed by atoms with van der Waals surface area (Å²) in [5, 5.41) is 0.631. The van der Waals surface area contributed by atoms with Crippen LogP contribution in [0.15, 0.2) is 84.7 Å². The van der Waals surface area contributed by atoms with Crippen LogP contribution in [0.5, 0.6) is 0 Å². The molecule has 0 aliphatic carbocycles. The maximum atomic E-state index is 12.3. The third kappa shape index (κ3) is 4.18. The first kappa shape index (κ1) is 21.8. The maximum absolute atomic E-state index is 12.3. The Morgan fingerprint density at radius 1 is 0.875 bits per heavy atom. The van der Waals surface area contributed by atoms with Gasteiger partial charge in [0.05, 0.1) is 26.8 Å². The molecule has 32 heavy (non-hydrogen) atoms. The summed E-state index contributed by atoms with van der Waals surface area (Å²) in [5.74, 6) is 0. The van der Waals surface area contributed by atoms with Crippen molar-refractivity contribution in [2.45, 2.75) is 16.7 Å². The molecule has 164 valence electrons. The number of benzene rings is 3. The molecular formula is C21H13NO8S2-2. The zero-order chi connectivity index (χ0) is 23.3. The third-order valence-electron chi connectivity index (χ3n) is 4.76. The van der Waals surface area contributed by atoms with Gasteiger partial charge in [-0.15, -0.1) is 0 Å². The monoisotopic (exact) mass is 471 g/mol. The predicted octanol–water partition coefficient (Wildman–Crippen LogP) is 2.90. The van der Waals surface area contributed by atoms with E-state index in [9.17, 15) is 30.7 Å². The summed E-state index contributed by atoms with van der Waals surface area (Å²) in [6.45, 7) is 1.56. The van der Waals surface area contributed by atoms with E-state index in [0.717, 1.165) is 6.07 Å². The molecule has 0 amide bonds. The van der Waals surface area contributed by atoms with Gasteiger partial charge >= 0.3 is 5.63 Å². The van der Waals surface area contributed by atoms with Gasteiger partial charge in [-0.1, -0.05) is 24.3 Å². The van der Waals surface area contributed by atoms with Crippen LogP contribution in [0.4, 0.5) is 5.69 Å². The van der Waals surface area contributed by atoms with Crippen molar-refractivity contribution in [3.8, 4) is 0 Å². The van der Waals surface area contributed by atoms with Gasteiger partial charge in [-0.05, 0) is 48.7 Å². The number of hydrogen-bond donors (Lipinski definition) is 0. The minimum Gasteiger partial charge on any atom is -0.744 e. The smallest absolute Gasteiger partial charge is 0.345 e. The lowest BCUT2D eigenvalue weighted by Crippen LogP contribution is -2.11. The molecule has 0 radical (unpaired) electrons. The predicted molar refractivity (Wildman–Crippen MR) is 114 cm³/mol. The van der Waals surface area contributed by atoms with Crippen molar-refractivity contribution < 1.29 is 30.4 Å². The Hall–Kier alpha value is -3.38. The average molecular weight is 471 g/mol. The van der Waals surface area contributed by atoms with Gasteiger partial charge in [0, 0.05) is 10.8 Å². The van der Waals surface area contributed by atoms with Crippen LogP contribution in [-0.2, 0) is 20.2 Å². The molecule has 1 aromatic heterocycles. The standard InChI is InChI=1S/C21H15NO8S2/c1-12(17-9-14-4-2-3-5-19(14)30-21(17)23)22-15-7-6-13-8-16(31(24,25)26)11-20(18(13)10-15)32(27,28)29/h2-11H,1H3,(H,24,25,26)(H,27,28,29)/p-2. The second-order valence-corrected chi connectivity index (χ2v) is 9.65. The molecule has 0 N–H and O–H groups in total. The van der Waals surface area contributed by atoms with Crippen LogP contribution in [0.3, 0.4) is 0 Å². The fourth-order valence-corrected chi connectivity index (χ4v) is 4.60. The molecular weight excluding hydrogens is 458 g/mol. The summed E-state index contributed by atoms with van der Waals surface area (Å²) in [7, 11) is -10.1. The molecule has 4 aromatic rings. The first-order chi connectivity index (χ1) is 14.9. The van der Waals surface area contributed by atoms with Crippen molar-refractivity contribution in [3.63, 3.8) is 0 Å². The van der Waals surface area contributed by atoms with E-state index in [4.69, 9.17) is 4.42 Å². The molecule has 1 heterocycles. The average Bonchev–Trinajstić information content (AvgIpc) is 2.71. The molecule has 0 atom stereocenters. The number of aliphatic imine (C=N–C) groups is 1. The summed E-state index contributed by atoms with van der Waals surface area (Å²) in [4.78, 5) is 15.0. The van der Waals surface area contributed by atoms with Crippen LogP contribution in [0.25, 0.3) is 21.7 Å². The number of para-hydroxylation sites is 1. The molecule has 0 unspecified atom stereocenters. The van der Waals surface area contributed by atoms with E-state index in [1.54, 1.807) is 37.3 Å². The molecule has 0 fully saturated rings. The van der Waals surface area contributed by atoms with Crippen LogP contribution in [0, 0.1) is 0 Å². The molecule has 11 heteroatoms. The molecule has 0 aliphatic heterocycles. The Labute approximate surface area is 182 Å². The Morgan fingerprint density at radius 2 is 1.59 bits per heavy atom. The van der Waals surface area contributed by atoms with Crippen molar-refractivity contribution in [1.29, 1.82) is 0 Å². The van der Waals surface area contributed by atoms with E-state index in [0.29, 0.717) is 17.0 Å². The molecule has 0 spiro atoms. The van der Waals surface area contributed by atoms with Gasteiger partial charge in [-0.25, -0.2) is 21.6 Å². The molecule has 0 saturated heterocycles. The van der Waals surface area contributed by atoms with Crippen LogP contribution in [-0.4, -0.2) is 31.7 Å². The molecule has 0 aliphatic rings. The number of nitrogens with zero attached hydrogens (tertiary/aromatic N) is 1. The Morgan fingerprint density at radius 3 is 2.28 bits per heavy atom. The second-order valence-electron chi connectivity index (χ2n) is 6.92. The Balaban J connectivity index is 1.90. The van der Waals surface area contributed by atoms with Gasteiger partial charge in [-0.2, -0.15) is 0 Å². The van der Waals surface area contributed by atoms with Gasteiger partial charge in [-0.3, -0.25) is 4.99 Å². The highest BCUT2D eigenvalue weighted by Gasteiger charge is 2.14. The van der Waals surface area contributed by atoms with E-state index in [1.807, 2.05) is 0 Å². The topological polar surface area (TPSA) is 157 Å². The number of rotatable bonds is 4. The van der Waals surface area contributed by atoms with Crippen molar-refractivity contribution >= 4 is 53.4 Å². The van der Waals surface area contributed by atoms with Gasteiger partial charge in [0.25, 0.3) is 0 Å². The van der Waals surface area contributed by atoms with E-state index < -0.39 is 35.7 Å². The summed E-state index contributed by atoms with van der Waals surface area (Å²) in [6.07, 6.45) is 0. The fourth-order valence-electron chi connectivity index (χ4n) is 3.27. The number of fused-ring (bicyclic) bond motifs is 2. The van der Waals surface area contributed by atoms with Gasteiger partial charge < -0.3 is 13.5 Å². The molecule has 9 nitrogen and oxygen atoms in total. The SMILES string of the molecule is CC(=Nc1ccc2cc(S(=O)(=O)[O-])cc(S(=O)(=O)[O-])c2c1)c1cc2ccccc2oc1=O. The summed E-state index contributed by atoms with van der Waals surface area (Å²) in [6, 6.07) is 14.1. The lowest BCUT2D eigenvalue weighted by Gasteiger charge is -2.15. The molecule has 4 rings (SSSR count). The van der Waals surface area contributed by atoms with Gasteiger partial charge in [0.1, 0.15) is 25.8 Å². The number of hydrogen-bond acceptors (Lipinski definition) is 9. The largest absolute Gasteiger partial charge is 0.744 e. The Kier molecular flexibility index (Phi) is 5.21. The normalized spacial score (nSPS) is 13.0. The van der Waals surface area contributed by atoms with Crippen LogP contribution < -0.4 is 5.63 Å².